The fraction of sp³-hybridized carbons (Fsp3) is 0.818. The van der Waals surface area contributed by atoms with Gasteiger partial charge in [0.25, 0.3) is 6.03 Å². The highest BCUT2D eigenvalue weighted by Crippen LogP contribution is 2.44. The molecule has 0 saturated heterocycles. The third-order valence-electron chi connectivity index (χ3n) is 2.04. The highest BCUT2D eigenvalue weighted by molar-refractivity contribution is 7.17. The maximum Gasteiger partial charge on any atom is 0.251 e. The second-order valence-electron chi connectivity index (χ2n) is 5.76. The quantitative estimate of drug-likeness (QED) is 0.577. The Morgan fingerprint density at radius 3 is 1.36 bits per heavy atom. The van der Waals surface area contributed by atoms with Gasteiger partial charge in [0.05, 0.1) is 0 Å². The monoisotopic (exact) mass is 216 g/mol. The van der Waals surface area contributed by atoms with Gasteiger partial charge in [-0.3, -0.25) is 0 Å². The Kier molecular flexibility index (Phi) is 2.89. The van der Waals surface area contributed by atoms with Crippen molar-refractivity contribution in [1.29, 1.82) is 0 Å². The zero-order valence-electron chi connectivity index (χ0n) is 9.97. The first kappa shape index (κ1) is 11.8. The average Bonchev–Trinajstić information content (AvgIpc) is 2.27. The molecular formula is C11H21O2P. The molecule has 1 atom stereocenters. The lowest BCUT2D eigenvalue weighted by atomic mass is 9.85. The third-order valence-corrected chi connectivity index (χ3v) is 2.31. The minimum absolute atomic E-state index is 0.00787. The van der Waals surface area contributed by atoms with E-state index in [-0.39, 0.29) is 16.9 Å². The number of rotatable bonds is 0. The number of ether oxygens (including phenoxy) is 2. The molecular weight excluding hydrogens is 195 g/mol. The van der Waals surface area contributed by atoms with Gasteiger partial charge in [0.15, 0.2) is 0 Å². The van der Waals surface area contributed by atoms with E-state index in [0.29, 0.717) is 0 Å². The van der Waals surface area contributed by atoms with Crippen molar-refractivity contribution in [3.05, 3.63) is 11.5 Å². The van der Waals surface area contributed by atoms with Gasteiger partial charge < -0.3 is 9.47 Å². The summed E-state index contributed by atoms with van der Waals surface area (Å²) in [6.45, 7) is 12.8. The third kappa shape index (κ3) is 2.42. The first-order chi connectivity index (χ1) is 6.12. The normalized spacial score (nSPS) is 19.6. The average molecular weight is 216 g/mol. The Labute approximate surface area is 89.3 Å². The van der Waals surface area contributed by atoms with Gasteiger partial charge in [0.1, 0.15) is 11.5 Å². The standard InChI is InChI=1S/C11H21O2P/c1-10(2,3)7-8(11(4,5)6)13-9(14)12-7/h9H,14H2,1-6H3. The zero-order valence-corrected chi connectivity index (χ0v) is 11.1. The summed E-state index contributed by atoms with van der Waals surface area (Å²) in [5.74, 6) is 1.95. The second-order valence-corrected chi connectivity index (χ2v) is 6.31. The van der Waals surface area contributed by atoms with E-state index in [9.17, 15) is 0 Å². The minimum Gasteiger partial charge on any atom is -0.452 e. The highest BCUT2D eigenvalue weighted by atomic mass is 31.0. The van der Waals surface area contributed by atoms with E-state index >= 15 is 0 Å². The Balaban J connectivity index is 3.08. The van der Waals surface area contributed by atoms with Crippen molar-refractivity contribution in [2.75, 3.05) is 0 Å². The van der Waals surface area contributed by atoms with E-state index in [0.717, 1.165) is 11.5 Å². The van der Waals surface area contributed by atoms with Crippen LogP contribution in [0.5, 0.6) is 0 Å². The molecule has 1 aliphatic heterocycles. The Bertz CT molecular complexity index is 229. The molecule has 0 bridgehead atoms. The largest absolute Gasteiger partial charge is 0.452 e. The van der Waals surface area contributed by atoms with Crippen LogP contribution in [0.25, 0.3) is 0 Å². The first-order valence-corrected chi connectivity index (χ1v) is 5.63. The molecule has 0 aromatic carbocycles. The van der Waals surface area contributed by atoms with Crippen LogP contribution < -0.4 is 0 Å². The zero-order chi connectivity index (χ0) is 11.1. The molecule has 82 valence electrons. The fourth-order valence-electron chi connectivity index (χ4n) is 1.40. The second kappa shape index (κ2) is 3.41. The molecule has 14 heavy (non-hydrogen) atoms. The van der Waals surface area contributed by atoms with E-state index in [4.69, 9.17) is 9.47 Å². The number of hydrogen-bond donors (Lipinski definition) is 0. The Hall–Kier alpha value is -0.230. The summed E-state index contributed by atoms with van der Waals surface area (Å²) in [4.78, 5) is 0. The van der Waals surface area contributed by atoms with Crippen LogP contribution in [-0.2, 0) is 9.47 Å². The van der Waals surface area contributed by atoms with E-state index in [1.807, 2.05) is 0 Å². The van der Waals surface area contributed by atoms with E-state index in [2.05, 4.69) is 50.8 Å². The molecule has 0 saturated carbocycles. The van der Waals surface area contributed by atoms with Crippen LogP contribution in [0.15, 0.2) is 11.5 Å². The van der Waals surface area contributed by atoms with Crippen molar-refractivity contribution in [2.45, 2.75) is 47.6 Å². The summed E-state index contributed by atoms with van der Waals surface area (Å²) in [7, 11) is 2.55. The maximum atomic E-state index is 5.69. The topological polar surface area (TPSA) is 18.5 Å². The van der Waals surface area contributed by atoms with Crippen molar-refractivity contribution < 1.29 is 9.47 Å². The summed E-state index contributed by atoms with van der Waals surface area (Å²) in [6, 6.07) is -0.224. The molecule has 0 fully saturated rings. The van der Waals surface area contributed by atoms with Gasteiger partial charge in [-0.2, -0.15) is 0 Å². The molecule has 0 aromatic rings. The van der Waals surface area contributed by atoms with Gasteiger partial charge in [0, 0.05) is 10.8 Å². The first-order valence-electron chi connectivity index (χ1n) is 4.96. The smallest absolute Gasteiger partial charge is 0.251 e. The predicted octanol–water partition coefficient (Wildman–Crippen LogP) is 3.50. The van der Waals surface area contributed by atoms with Crippen LogP contribution in [0, 0.1) is 10.8 Å². The molecule has 2 nitrogen and oxygen atoms in total. The SMILES string of the molecule is CC(C)(C)C1=C(C(C)(C)C)OC(P)O1. The van der Waals surface area contributed by atoms with Crippen molar-refractivity contribution >= 4 is 9.24 Å². The number of hydrogen-bond acceptors (Lipinski definition) is 2. The Morgan fingerprint density at radius 1 is 0.857 bits per heavy atom. The van der Waals surface area contributed by atoms with Crippen LogP contribution in [0.3, 0.4) is 0 Å². The van der Waals surface area contributed by atoms with Crippen LogP contribution in [-0.4, -0.2) is 6.03 Å². The molecule has 0 N–H and O–H groups in total. The van der Waals surface area contributed by atoms with Crippen LogP contribution >= 0.6 is 9.24 Å². The van der Waals surface area contributed by atoms with Gasteiger partial charge in [-0.25, -0.2) is 0 Å². The number of allylic oxidation sites excluding steroid dienone is 2. The molecule has 0 spiro atoms. The van der Waals surface area contributed by atoms with Gasteiger partial charge in [-0.15, -0.1) is 0 Å². The van der Waals surface area contributed by atoms with Gasteiger partial charge in [0.2, 0.25) is 0 Å². The molecule has 1 rings (SSSR count). The lowest BCUT2D eigenvalue weighted by molar-refractivity contribution is 0.0133. The van der Waals surface area contributed by atoms with Gasteiger partial charge in [-0.05, 0) is 9.24 Å². The molecule has 0 aromatic heterocycles. The molecule has 1 aliphatic rings. The van der Waals surface area contributed by atoms with Crippen LogP contribution in [0.2, 0.25) is 0 Å². The van der Waals surface area contributed by atoms with Crippen molar-refractivity contribution in [1.82, 2.24) is 0 Å². The molecule has 1 unspecified atom stereocenters. The van der Waals surface area contributed by atoms with E-state index in [1.54, 1.807) is 0 Å². The van der Waals surface area contributed by atoms with Crippen molar-refractivity contribution in [2.24, 2.45) is 10.8 Å². The van der Waals surface area contributed by atoms with Gasteiger partial charge >= 0.3 is 0 Å². The molecule has 0 radical (unpaired) electrons. The molecule has 1 heterocycles. The van der Waals surface area contributed by atoms with Crippen molar-refractivity contribution in [3.63, 3.8) is 0 Å². The Morgan fingerprint density at radius 2 is 1.14 bits per heavy atom. The summed E-state index contributed by atoms with van der Waals surface area (Å²) < 4.78 is 11.4. The molecule has 0 aliphatic carbocycles. The van der Waals surface area contributed by atoms with Crippen molar-refractivity contribution in [3.8, 4) is 0 Å². The summed E-state index contributed by atoms with van der Waals surface area (Å²) in [5.41, 5.74) is 0.0157. The predicted molar refractivity (Wildman–Crippen MR) is 61.6 cm³/mol. The van der Waals surface area contributed by atoms with Gasteiger partial charge in [-0.1, -0.05) is 41.5 Å². The van der Waals surface area contributed by atoms with E-state index < -0.39 is 0 Å². The molecule has 3 heteroatoms. The fourth-order valence-corrected chi connectivity index (χ4v) is 1.67. The van der Waals surface area contributed by atoms with Crippen LogP contribution in [0.1, 0.15) is 41.5 Å². The highest BCUT2D eigenvalue weighted by Gasteiger charge is 2.37. The van der Waals surface area contributed by atoms with Crippen LogP contribution in [0.4, 0.5) is 0 Å². The lowest BCUT2D eigenvalue weighted by Crippen LogP contribution is -2.17. The molecule has 0 amide bonds. The summed E-state index contributed by atoms with van der Waals surface area (Å²) in [5, 5.41) is 0. The summed E-state index contributed by atoms with van der Waals surface area (Å²) >= 11 is 0. The maximum absolute atomic E-state index is 5.69. The summed E-state index contributed by atoms with van der Waals surface area (Å²) in [6.07, 6.45) is 0. The minimum atomic E-state index is -0.224. The van der Waals surface area contributed by atoms with E-state index in [1.165, 1.54) is 0 Å². The lowest BCUT2D eigenvalue weighted by Gasteiger charge is -2.24.